The highest BCUT2D eigenvalue weighted by Gasteiger charge is 2.29. The number of esters is 1. The number of carbonyl (C=O) groups is 1. The molecule has 0 fully saturated rings. The summed E-state index contributed by atoms with van der Waals surface area (Å²) in [6.45, 7) is 0.118. The molecule has 2 rings (SSSR count). The molecule has 0 aliphatic carbocycles. The van der Waals surface area contributed by atoms with Crippen molar-refractivity contribution < 1.29 is 27.4 Å². The van der Waals surface area contributed by atoms with Crippen molar-refractivity contribution in [2.75, 3.05) is 13.2 Å². The first-order chi connectivity index (χ1) is 11.3. The Morgan fingerprint density at radius 3 is 2.71 bits per heavy atom. The summed E-state index contributed by atoms with van der Waals surface area (Å²) in [6.07, 6.45) is -2.02. The maximum absolute atomic E-state index is 12.4. The van der Waals surface area contributed by atoms with Gasteiger partial charge in [-0.25, -0.2) is 9.78 Å². The number of alkyl halides is 3. The lowest BCUT2D eigenvalue weighted by Crippen LogP contribution is -2.27. The van der Waals surface area contributed by atoms with E-state index in [1.165, 1.54) is 36.7 Å². The Bertz CT molecular complexity index is 787. The van der Waals surface area contributed by atoms with Gasteiger partial charge in [0, 0.05) is 12.4 Å². The van der Waals surface area contributed by atoms with Crippen LogP contribution in [0.3, 0.4) is 0 Å². The van der Waals surface area contributed by atoms with Crippen molar-refractivity contribution in [3.05, 3.63) is 52.6 Å². The molecule has 0 radical (unpaired) electrons. The molecule has 9 heteroatoms. The van der Waals surface area contributed by atoms with Gasteiger partial charge >= 0.3 is 12.1 Å². The standard InChI is InChI=1S/C15H13F3N2O4/c1-2-23-14(22)10-5-4-8-20(13(10)21)11-6-3-7-19-12(11)24-9-15(16,17)18/h3-8H,2,9H2,1H3. The second kappa shape index (κ2) is 7.16. The number of pyridine rings is 2. The fraction of sp³-hybridized carbons (Fsp3) is 0.267. The Morgan fingerprint density at radius 1 is 1.29 bits per heavy atom. The highest BCUT2D eigenvalue weighted by atomic mass is 19.4. The van der Waals surface area contributed by atoms with Gasteiger partial charge in [-0.2, -0.15) is 13.2 Å². The largest absolute Gasteiger partial charge is 0.467 e. The molecule has 0 spiro atoms. The summed E-state index contributed by atoms with van der Waals surface area (Å²) >= 11 is 0. The van der Waals surface area contributed by atoms with Gasteiger partial charge in [-0.15, -0.1) is 0 Å². The van der Waals surface area contributed by atoms with Crippen LogP contribution in [0.1, 0.15) is 17.3 Å². The summed E-state index contributed by atoms with van der Waals surface area (Å²) in [4.78, 5) is 27.9. The highest BCUT2D eigenvalue weighted by molar-refractivity contribution is 5.89. The van der Waals surface area contributed by atoms with Crippen LogP contribution < -0.4 is 10.3 Å². The Hall–Kier alpha value is -2.84. The van der Waals surface area contributed by atoms with Gasteiger partial charge in [0.2, 0.25) is 5.88 Å². The predicted octanol–water partition coefficient (Wildman–Crippen LogP) is 2.35. The van der Waals surface area contributed by atoms with Crippen molar-refractivity contribution in [3.8, 4) is 11.6 Å². The van der Waals surface area contributed by atoms with Gasteiger partial charge in [0.05, 0.1) is 6.61 Å². The Morgan fingerprint density at radius 2 is 2.04 bits per heavy atom. The van der Waals surface area contributed by atoms with Crippen LogP contribution in [0, 0.1) is 0 Å². The van der Waals surface area contributed by atoms with Gasteiger partial charge < -0.3 is 9.47 Å². The lowest BCUT2D eigenvalue weighted by molar-refractivity contribution is -0.154. The molecule has 2 heterocycles. The lowest BCUT2D eigenvalue weighted by Gasteiger charge is -2.13. The number of halogens is 3. The topological polar surface area (TPSA) is 70.4 Å². The molecule has 0 bridgehead atoms. The molecule has 0 saturated heterocycles. The first kappa shape index (κ1) is 17.5. The Kier molecular flexibility index (Phi) is 5.22. The van der Waals surface area contributed by atoms with E-state index in [0.717, 1.165) is 4.57 Å². The predicted molar refractivity (Wildman–Crippen MR) is 77.3 cm³/mol. The first-order valence-electron chi connectivity index (χ1n) is 6.87. The van der Waals surface area contributed by atoms with E-state index in [9.17, 15) is 22.8 Å². The molecule has 6 nitrogen and oxygen atoms in total. The van der Waals surface area contributed by atoms with Gasteiger partial charge in [0.25, 0.3) is 5.56 Å². The van der Waals surface area contributed by atoms with E-state index in [2.05, 4.69) is 9.72 Å². The third-order valence-electron chi connectivity index (χ3n) is 2.83. The van der Waals surface area contributed by atoms with Gasteiger partial charge in [-0.1, -0.05) is 0 Å². The molecule has 0 amide bonds. The molecule has 24 heavy (non-hydrogen) atoms. The number of rotatable bonds is 5. The molecule has 0 aromatic carbocycles. The Balaban J connectivity index is 2.44. The summed E-state index contributed by atoms with van der Waals surface area (Å²) in [7, 11) is 0. The van der Waals surface area contributed by atoms with E-state index in [4.69, 9.17) is 4.74 Å². The van der Waals surface area contributed by atoms with Gasteiger partial charge in [-0.3, -0.25) is 9.36 Å². The SMILES string of the molecule is CCOC(=O)c1cccn(-c2cccnc2OCC(F)(F)F)c1=O. The molecule has 0 aliphatic rings. The van der Waals surface area contributed by atoms with Crippen LogP contribution in [-0.2, 0) is 4.74 Å². The second-order valence-corrected chi connectivity index (χ2v) is 4.55. The number of nitrogens with zero attached hydrogens (tertiary/aromatic N) is 2. The maximum atomic E-state index is 12.4. The van der Waals surface area contributed by atoms with Crippen LogP contribution in [0.2, 0.25) is 0 Å². The van der Waals surface area contributed by atoms with Gasteiger partial charge in [0.1, 0.15) is 11.3 Å². The van der Waals surface area contributed by atoms with Crippen molar-refractivity contribution in [2.45, 2.75) is 13.1 Å². The minimum absolute atomic E-state index is 0.0158. The maximum Gasteiger partial charge on any atom is 0.422 e. The lowest BCUT2D eigenvalue weighted by atomic mass is 10.2. The van der Waals surface area contributed by atoms with E-state index in [1.54, 1.807) is 6.92 Å². The van der Waals surface area contributed by atoms with Crippen molar-refractivity contribution in [3.63, 3.8) is 0 Å². The van der Waals surface area contributed by atoms with Gasteiger partial charge in [0.15, 0.2) is 6.61 Å². The molecule has 0 saturated carbocycles. The van der Waals surface area contributed by atoms with Crippen LogP contribution in [0.25, 0.3) is 5.69 Å². The Labute approximate surface area is 134 Å². The summed E-state index contributed by atoms with van der Waals surface area (Å²) in [6, 6.07) is 5.45. The molecule has 0 unspecified atom stereocenters. The number of carbonyl (C=O) groups excluding carboxylic acids is 1. The monoisotopic (exact) mass is 342 g/mol. The zero-order valence-electron chi connectivity index (χ0n) is 12.5. The molecular formula is C15H13F3N2O4. The number of aromatic nitrogens is 2. The van der Waals surface area contributed by atoms with Crippen LogP contribution >= 0.6 is 0 Å². The number of hydrogen-bond donors (Lipinski definition) is 0. The molecule has 2 aromatic heterocycles. The quantitative estimate of drug-likeness (QED) is 0.780. The van der Waals surface area contributed by atoms with Crippen molar-refractivity contribution in [1.29, 1.82) is 0 Å². The zero-order chi connectivity index (χ0) is 17.7. The van der Waals surface area contributed by atoms with Crippen LogP contribution in [0.4, 0.5) is 13.2 Å². The molecule has 128 valence electrons. The van der Waals surface area contributed by atoms with Crippen LogP contribution in [-0.4, -0.2) is 34.9 Å². The van der Waals surface area contributed by atoms with Crippen molar-refractivity contribution in [1.82, 2.24) is 9.55 Å². The van der Waals surface area contributed by atoms with Crippen molar-refractivity contribution >= 4 is 5.97 Å². The smallest absolute Gasteiger partial charge is 0.422 e. The second-order valence-electron chi connectivity index (χ2n) is 4.55. The fourth-order valence-electron chi connectivity index (χ4n) is 1.88. The summed E-state index contributed by atoms with van der Waals surface area (Å²) in [5.74, 6) is -1.20. The normalized spacial score (nSPS) is 11.2. The summed E-state index contributed by atoms with van der Waals surface area (Å²) < 4.78 is 47.4. The summed E-state index contributed by atoms with van der Waals surface area (Å²) in [5, 5.41) is 0. The average molecular weight is 342 g/mol. The highest BCUT2D eigenvalue weighted by Crippen LogP contribution is 2.22. The first-order valence-corrected chi connectivity index (χ1v) is 6.87. The van der Waals surface area contributed by atoms with Crippen LogP contribution in [0.5, 0.6) is 5.88 Å². The molecule has 0 aliphatic heterocycles. The third-order valence-corrected chi connectivity index (χ3v) is 2.83. The third kappa shape index (κ3) is 4.12. The van der Waals surface area contributed by atoms with E-state index in [1.807, 2.05) is 0 Å². The minimum atomic E-state index is -4.55. The minimum Gasteiger partial charge on any atom is -0.467 e. The van der Waals surface area contributed by atoms with E-state index in [0.29, 0.717) is 0 Å². The zero-order valence-corrected chi connectivity index (χ0v) is 12.5. The van der Waals surface area contributed by atoms with Gasteiger partial charge in [-0.05, 0) is 31.2 Å². The average Bonchev–Trinajstić information content (AvgIpc) is 2.53. The number of hydrogen-bond acceptors (Lipinski definition) is 5. The van der Waals surface area contributed by atoms with Crippen LogP contribution in [0.15, 0.2) is 41.5 Å². The van der Waals surface area contributed by atoms with E-state index < -0.39 is 24.3 Å². The fourth-order valence-corrected chi connectivity index (χ4v) is 1.88. The molecule has 0 atom stereocenters. The number of ether oxygens (including phenoxy) is 2. The van der Waals surface area contributed by atoms with E-state index >= 15 is 0 Å². The molecule has 0 N–H and O–H groups in total. The molecule has 2 aromatic rings. The molecular weight excluding hydrogens is 329 g/mol. The summed E-state index contributed by atoms with van der Waals surface area (Å²) in [5.41, 5.74) is -1.01. The van der Waals surface area contributed by atoms with E-state index in [-0.39, 0.29) is 23.7 Å². The van der Waals surface area contributed by atoms with Crippen molar-refractivity contribution in [2.24, 2.45) is 0 Å².